The van der Waals surface area contributed by atoms with Gasteiger partial charge in [-0.15, -0.1) is 5.10 Å². The highest BCUT2D eigenvalue weighted by Gasteiger charge is 2.44. The van der Waals surface area contributed by atoms with Crippen LogP contribution in [0.3, 0.4) is 0 Å². The number of benzene rings is 1. The van der Waals surface area contributed by atoms with Crippen LogP contribution in [0.4, 0.5) is 11.6 Å². The maximum absolute atomic E-state index is 12.9. The van der Waals surface area contributed by atoms with Gasteiger partial charge in [-0.3, -0.25) is 9.59 Å². The van der Waals surface area contributed by atoms with Crippen molar-refractivity contribution in [3.05, 3.63) is 28.2 Å². The molecule has 0 saturated carbocycles. The molecule has 148 valence electrons. The fraction of sp³-hybridized carbons (Fsp3) is 0.500. The Kier molecular flexibility index (Phi) is 4.82. The zero-order valence-corrected chi connectivity index (χ0v) is 17.4. The number of anilines is 2. The third-order valence-electron chi connectivity index (χ3n) is 5.41. The molecule has 2 aromatic rings. The van der Waals surface area contributed by atoms with Gasteiger partial charge < -0.3 is 15.1 Å². The number of amides is 2. The zero-order valence-electron chi connectivity index (χ0n) is 15.8. The maximum atomic E-state index is 12.9. The molecule has 0 aliphatic carbocycles. The fourth-order valence-corrected chi connectivity index (χ4v) is 4.31. The van der Waals surface area contributed by atoms with Crippen LogP contribution in [0.1, 0.15) is 32.3 Å². The Morgan fingerprint density at radius 3 is 3.00 bits per heavy atom. The van der Waals surface area contributed by atoms with Crippen LogP contribution in [0.25, 0.3) is 0 Å². The lowest BCUT2D eigenvalue weighted by Gasteiger charge is -2.32. The Morgan fingerprint density at radius 2 is 2.25 bits per heavy atom. The second-order valence-corrected chi connectivity index (χ2v) is 8.66. The number of aromatic amines is 1. The summed E-state index contributed by atoms with van der Waals surface area (Å²) in [5.41, 5.74) is 1.07. The number of carbonyl (C=O) groups excluding carboxylic acids is 2. The molecule has 1 fully saturated rings. The molecule has 1 saturated heterocycles. The molecule has 0 radical (unpaired) electrons. The van der Waals surface area contributed by atoms with Crippen molar-refractivity contribution >= 4 is 39.4 Å². The predicted molar refractivity (Wildman–Crippen MR) is 107 cm³/mol. The SMILES string of the molecule is CC1(C)C(=O)N(CC(=O)N[C@@H]2CCCN(c3nn[nH]n3)C2)c2ccc(Br)cc21. The number of nitrogens with one attached hydrogen (secondary N) is 2. The lowest BCUT2D eigenvalue weighted by atomic mass is 9.86. The molecule has 0 bridgehead atoms. The molecule has 1 aromatic carbocycles. The molecule has 1 atom stereocenters. The summed E-state index contributed by atoms with van der Waals surface area (Å²) in [6.45, 7) is 5.24. The number of piperidine rings is 1. The summed E-state index contributed by atoms with van der Waals surface area (Å²) < 4.78 is 0.919. The van der Waals surface area contributed by atoms with Gasteiger partial charge in [-0.2, -0.15) is 5.21 Å². The molecule has 2 aliphatic rings. The smallest absolute Gasteiger partial charge is 0.265 e. The van der Waals surface area contributed by atoms with E-state index in [4.69, 9.17) is 0 Å². The van der Waals surface area contributed by atoms with Gasteiger partial charge in [0.25, 0.3) is 5.95 Å². The number of hydrogen-bond acceptors (Lipinski definition) is 6. The van der Waals surface area contributed by atoms with Crippen LogP contribution in [0.5, 0.6) is 0 Å². The highest BCUT2D eigenvalue weighted by Crippen LogP contribution is 2.42. The first-order valence-electron chi connectivity index (χ1n) is 9.26. The van der Waals surface area contributed by atoms with E-state index in [0.717, 1.165) is 35.1 Å². The first-order valence-corrected chi connectivity index (χ1v) is 10.1. The number of hydrogen-bond donors (Lipinski definition) is 2. The molecule has 1 aromatic heterocycles. The first-order chi connectivity index (χ1) is 13.4. The molecule has 3 heterocycles. The Bertz CT molecular complexity index is 899. The van der Waals surface area contributed by atoms with Crippen LogP contribution in [-0.4, -0.2) is 58.1 Å². The minimum Gasteiger partial charge on any atom is -0.350 e. The van der Waals surface area contributed by atoms with Crippen molar-refractivity contribution in [2.24, 2.45) is 0 Å². The van der Waals surface area contributed by atoms with E-state index < -0.39 is 5.41 Å². The summed E-state index contributed by atoms with van der Waals surface area (Å²) in [5.74, 6) is 0.308. The lowest BCUT2D eigenvalue weighted by Crippen LogP contribution is -2.51. The standard InChI is InChI=1S/C18H22BrN7O2/c1-18(2)13-8-11(19)5-6-14(13)26(16(18)28)10-15(27)20-12-4-3-7-25(9-12)17-21-23-24-22-17/h5-6,8,12H,3-4,7,9-10H2,1-2H3,(H,20,27)(H,21,22,23,24)/t12-/m1/s1. The van der Waals surface area contributed by atoms with E-state index >= 15 is 0 Å². The number of tetrazole rings is 1. The second-order valence-electron chi connectivity index (χ2n) is 7.74. The molecular weight excluding hydrogens is 426 g/mol. The van der Waals surface area contributed by atoms with Gasteiger partial charge in [-0.05, 0) is 55.7 Å². The van der Waals surface area contributed by atoms with Gasteiger partial charge in [0, 0.05) is 29.3 Å². The second kappa shape index (κ2) is 7.16. The molecule has 4 rings (SSSR count). The van der Waals surface area contributed by atoms with Gasteiger partial charge in [0.15, 0.2) is 0 Å². The van der Waals surface area contributed by atoms with Crippen LogP contribution < -0.4 is 15.1 Å². The van der Waals surface area contributed by atoms with Crippen molar-refractivity contribution in [1.29, 1.82) is 0 Å². The monoisotopic (exact) mass is 447 g/mol. The van der Waals surface area contributed by atoms with Crippen molar-refractivity contribution in [2.45, 2.75) is 38.1 Å². The Labute approximate surface area is 171 Å². The molecule has 0 unspecified atom stereocenters. The number of rotatable bonds is 4. The predicted octanol–water partition coefficient (Wildman–Crippen LogP) is 1.37. The minimum atomic E-state index is -0.653. The van der Waals surface area contributed by atoms with Crippen LogP contribution >= 0.6 is 15.9 Å². The summed E-state index contributed by atoms with van der Waals surface area (Å²) in [6, 6.07) is 5.71. The van der Waals surface area contributed by atoms with E-state index in [2.05, 4.69) is 41.9 Å². The highest BCUT2D eigenvalue weighted by molar-refractivity contribution is 9.10. The number of H-pyrrole nitrogens is 1. The average Bonchev–Trinajstić information content (AvgIpc) is 3.25. The topological polar surface area (TPSA) is 107 Å². The van der Waals surface area contributed by atoms with Gasteiger partial charge in [0.1, 0.15) is 6.54 Å². The normalized spacial score (nSPS) is 21.0. The van der Waals surface area contributed by atoms with Gasteiger partial charge in [0.2, 0.25) is 11.8 Å². The summed E-state index contributed by atoms with van der Waals surface area (Å²) in [5, 5.41) is 17.1. The first kappa shape index (κ1) is 18.9. The molecular formula is C18H22BrN7O2. The molecule has 2 N–H and O–H groups in total. The van der Waals surface area contributed by atoms with Crippen molar-refractivity contribution in [1.82, 2.24) is 25.9 Å². The quantitative estimate of drug-likeness (QED) is 0.732. The number of fused-ring (bicyclic) bond motifs is 1. The molecule has 28 heavy (non-hydrogen) atoms. The lowest BCUT2D eigenvalue weighted by molar-refractivity contribution is -0.125. The Morgan fingerprint density at radius 1 is 1.43 bits per heavy atom. The molecule has 2 amide bonds. The van der Waals surface area contributed by atoms with Gasteiger partial charge >= 0.3 is 0 Å². The summed E-state index contributed by atoms with van der Waals surface area (Å²) >= 11 is 3.46. The van der Waals surface area contributed by atoms with Crippen molar-refractivity contribution in [3.8, 4) is 0 Å². The molecule has 2 aliphatic heterocycles. The molecule has 9 nitrogen and oxygen atoms in total. The van der Waals surface area contributed by atoms with E-state index in [1.54, 1.807) is 4.90 Å². The average molecular weight is 448 g/mol. The van der Waals surface area contributed by atoms with Gasteiger partial charge in [-0.25, -0.2) is 0 Å². The van der Waals surface area contributed by atoms with Crippen LogP contribution in [-0.2, 0) is 15.0 Å². The Balaban J connectivity index is 1.44. The van der Waals surface area contributed by atoms with E-state index in [1.807, 2.05) is 36.9 Å². The van der Waals surface area contributed by atoms with E-state index in [9.17, 15) is 9.59 Å². The fourth-order valence-electron chi connectivity index (χ4n) is 3.95. The minimum absolute atomic E-state index is 0.00953. The van der Waals surface area contributed by atoms with Crippen molar-refractivity contribution < 1.29 is 9.59 Å². The third kappa shape index (κ3) is 3.36. The number of halogens is 1. The van der Waals surface area contributed by atoms with E-state index in [1.165, 1.54) is 0 Å². The van der Waals surface area contributed by atoms with E-state index in [-0.39, 0.29) is 24.4 Å². The molecule has 0 spiro atoms. The van der Waals surface area contributed by atoms with Crippen molar-refractivity contribution in [3.63, 3.8) is 0 Å². The third-order valence-corrected chi connectivity index (χ3v) is 5.90. The van der Waals surface area contributed by atoms with Crippen LogP contribution in [0.2, 0.25) is 0 Å². The van der Waals surface area contributed by atoms with Crippen molar-refractivity contribution in [2.75, 3.05) is 29.4 Å². The largest absolute Gasteiger partial charge is 0.350 e. The number of aromatic nitrogens is 4. The highest BCUT2D eigenvalue weighted by atomic mass is 79.9. The van der Waals surface area contributed by atoms with E-state index in [0.29, 0.717) is 12.5 Å². The maximum Gasteiger partial charge on any atom is 0.265 e. The van der Waals surface area contributed by atoms with Crippen LogP contribution in [0, 0.1) is 0 Å². The summed E-state index contributed by atoms with van der Waals surface area (Å²) in [4.78, 5) is 29.2. The molecule has 10 heteroatoms. The number of carbonyl (C=O) groups is 2. The van der Waals surface area contributed by atoms with Gasteiger partial charge in [0.05, 0.1) is 5.41 Å². The Hall–Kier alpha value is -2.49. The zero-order chi connectivity index (χ0) is 19.9. The van der Waals surface area contributed by atoms with Gasteiger partial charge in [-0.1, -0.05) is 21.0 Å². The summed E-state index contributed by atoms with van der Waals surface area (Å²) in [7, 11) is 0. The number of nitrogens with zero attached hydrogens (tertiary/aromatic N) is 5. The summed E-state index contributed by atoms with van der Waals surface area (Å²) in [6.07, 6.45) is 1.80. The van der Waals surface area contributed by atoms with Crippen LogP contribution in [0.15, 0.2) is 22.7 Å².